The lowest BCUT2D eigenvalue weighted by molar-refractivity contribution is -0.101. The van der Waals surface area contributed by atoms with Gasteiger partial charge in [0.15, 0.2) is 0 Å². The van der Waals surface area contributed by atoms with Gasteiger partial charge in [0, 0.05) is 18.0 Å². The van der Waals surface area contributed by atoms with E-state index in [0.717, 1.165) is 31.7 Å². The van der Waals surface area contributed by atoms with Crippen molar-refractivity contribution in [2.45, 2.75) is 65.8 Å². The first-order valence-corrected chi connectivity index (χ1v) is 7.76. The van der Waals surface area contributed by atoms with Crippen molar-refractivity contribution in [1.82, 2.24) is 5.32 Å². The summed E-state index contributed by atoms with van der Waals surface area (Å²) < 4.78 is 5.31. The Balaban J connectivity index is 1.70. The van der Waals surface area contributed by atoms with Crippen LogP contribution < -0.4 is 5.32 Å². The molecular formula is C16H31NO. The Labute approximate surface area is 113 Å². The summed E-state index contributed by atoms with van der Waals surface area (Å²) in [6.45, 7) is 12.6. The van der Waals surface area contributed by atoms with Gasteiger partial charge >= 0.3 is 0 Å². The van der Waals surface area contributed by atoms with Crippen LogP contribution in [0.2, 0.25) is 0 Å². The molecule has 1 saturated heterocycles. The van der Waals surface area contributed by atoms with Gasteiger partial charge < -0.3 is 10.1 Å². The van der Waals surface area contributed by atoms with Crippen LogP contribution in [0.1, 0.15) is 59.8 Å². The molecule has 0 bridgehead atoms. The molecule has 2 nitrogen and oxygen atoms in total. The highest BCUT2D eigenvalue weighted by atomic mass is 16.5. The third-order valence-electron chi connectivity index (χ3n) is 5.46. The summed E-state index contributed by atoms with van der Waals surface area (Å²) in [5.41, 5.74) is 0.957. The summed E-state index contributed by atoms with van der Waals surface area (Å²) in [7, 11) is 0. The van der Waals surface area contributed by atoms with Crippen molar-refractivity contribution in [2.75, 3.05) is 19.8 Å². The van der Waals surface area contributed by atoms with E-state index in [0.29, 0.717) is 10.8 Å². The molecular weight excluding hydrogens is 222 g/mol. The van der Waals surface area contributed by atoms with Gasteiger partial charge in [-0.1, -0.05) is 34.1 Å². The minimum absolute atomic E-state index is 0.416. The van der Waals surface area contributed by atoms with Crippen LogP contribution in [0, 0.1) is 16.7 Å². The maximum Gasteiger partial charge on any atom is 0.0554 e. The van der Waals surface area contributed by atoms with Gasteiger partial charge in [-0.3, -0.25) is 0 Å². The molecule has 2 fully saturated rings. The predicted octanol–water partition coefficient (Wildman–Crippen LogP) is 3.61. The zero-order chi connectivity index (χ0) is 13.2. The number of hydrogen-bond acceptors (Lipinski definition) is 2. The van der Waals surface area contributed by atoms with Gasteiger partial charge in [-0.15, -0.1) is 0 Å². The van der Waals surface area contributed by atoms with E-state index >= 15 is 0 Å². The molecule has 1 aliphatic carbocycles. The average Bonchev–Trinajstić information content (AvgIpc) is 2.34. The van der Waals surface area contributed by atoms with E-state index in [1.54, 1.807) is 0 Å². The first-order chi connectivity index (χ1) is 8.45. The third kappa shape index (κ3) is 3.27. The van der Waals surface area contributed by atoms with Gasteiger partial charge in [0.25, 0.3) is 0 Å². The topological polar surface area (TPSA) is 21.3 Å². The largest absolute Gasteiger partial charge is 0.380 e. The summed E-state index contributed by atoms with van der Waals surface area (Å²) in [4.78, 5) is 0. The van der Waals surface area contributed by atoms with Crippen LogP contribution in [0.3, 0.4) is 0 Å². The second kappa shape index (κ2) is 5.50. The average molecular weight is 253 g/mol. The molecule has 18 heavy (non-hydrogen) atoms. The summed E-state index contributed by atoms with van der Waals surface area (Å²) in [6.07, 6.45) is 6.86. The fourth-order valence-electron chi connectivity index (χ4n) is 3.31. The summed E-state index contributed by atoms with van der Waals surface area (Å²) in [6, 6.07) is 0.756. The molecule has 1 saturated carbocycles. The van der Waals surface area contributed by atoms with E-state index in [1.165, 1.54) is 32.1 Å². The SMILES string of the molecule is CCC(C)(C)C1CCC(NCC2(C)COC2)CC1. The molecule has 0 radical (unpaired) electrons. The first-order valence-electron chi connectivity index (χ1n) is 7.76. The molecule has 0 amide bonds. The van der Waals surface area contributed by atoms with Gasteiger partial charge in [-0.2, -0.15) is 0 Å². The standard InChI is InChI=1S/C16H31NO/c1-5-15(2,3)13-6-8-14(9-7-13)17-10-16(4)11-18-12-16/h13-14,17H,5-12H2,1-4H3. The number of hydrogen-bond donors (Lipinski definition) is 1. The number of nitrogens with one attached hydrogen (secondary N) is 1. The quantitative estimate of drug-likeness (QED) is 0.808. The molecule has 0 unspecified atom stereocenters. The van der Waals surface area contributed by atoms with E-state index < -0.39 is 0 Å². The van der Waals surface area contributed by atoms with Crippen LogP contribution in [-0.2, 0) is 4.74 Å². The Bertz CT molecular complexity index is 262. The van der Waals surface area contributed by atoms with Gasteiger partial charge in [0.1, 0.15) is 0 Å². The fourth-order valence-corrected chi connectivity index (χ4v) is 3.31. The van der Waals surface area contributed by atoms with Crippen molar-refractivity contribution in [2.24, 2.45) is 16.7 Å². The highest BCUT2D eigenvalue weighted by molar-refractivity contribution is 4.88. The fraction of sp³-hybridized carbons (Fsp3) is 1.00. The van der Waals surface area contributed by atoms with Crippen LogP contribution >= 0.6 is 0 Å². The molecule has 1 N–H and O–H groups in total. The lowest BCUT2D eigenvalue weighted by atomic mass is 9.69. The molecule has 106 valence electrons. The zero-order valence-corrected chi connectivity index (χ0v) is 12.7. The Kier molecular flexibility index (Phi) is 4.38. The van der Waals surface area contributed by atoms with Gasteiger partial charge in [0.05, 0.1) is 13.2 Å². The lowest BCUT2D eigenvalue weighted by Gasteiger charge is -2.42. The molecule has 0 aromatic heterocycles. The molecule has 2 aliphatic rings. The van der Waals surface area contributed by atoms with E-state index in [-0.39, 0.29) is 0 Å². The predicted molar refractivity (Wildman–Crippen MR) is 76.7 cm³/mol. The molecule has 2 rings (SSSR count). The van der Waals surface area contributed by atoms with E-state index in [4.69, 9.17) is 4.74 Å². The zero-order valence-electron chi connectivity index (χ0n) is 12.7. The Morgan fingerprint density at radius 3 is 2.22 bits per heavy atom. The Morgan fingerprint density at radius 2 is 1.78 bits per heavy atom. The lowest BCUT2D eigenvalue weighted by Crippen LogP contribution is -2.50. The molecule has 0 aromatic rings. The minimum atomic E-state index is 0.416. The minimum Gasteiger partial charge on any atom is -0.380 e. The summed E-state index contributed by atoms with van der Waals surface area (Å²) in [5.74, 6) is 0.933. The molecule has 0 spiro atoms. The maximum atomic E-state index is 5.31. The van der Waals surface area contributed by atoms with Gasteiger partial charge in [-0.25, -0.2) is 0 Å². The monoisotopic (exact) mass is 253 g/mol. The highest BCUT2D eigenvalue weighted by Crippen LogP contribution is 2.40. The normalized spacial score (nSPS) is 32.0. The molecule has 1 heterocycles. The van der Waals surface area contributed by atoms with Crippen molar-refractivity contribution in [1.29, 1.82) is 0 Å². The number of rotatable bonds is 5. The third-order valence-corrected chi connectivity index (χ3v) is 5.46. The van der Waals surface area contributed by atoms with Crippen molar-refractivity contribution >= 4 is 0 Å². The smallest absolute Gasteiger partial charge is 0.0554 e. The van der Waals surface area contributed by atoms with Crippen LogP contribution in [0.4, 0.5) is 0 Å². The molecule has 0 atom stereocenters. The van der Waals surface area contributed by atoms with Crippen LogP contribution in [-0.4, -0.2) is 25.8 Å². The summed E-state index contributed by atoms with van der Waals surface area (Å²) in [5, 5.41) is 3.77. The van der Waals surface area contributed by atoms with Crippen LogP contribution in [0.15, 0.2) is 0 Å². The van der Waals surface area contributed by atoms with Gasteiger partial charge in [0.2, 0.25) is 0 Å². The maximum absolute atomic E-state index is 5.31. The second-order valence-electron chi connectivity index (χ2n) is 7.58. The van der Waals surface area contributed by atoms with Crippen molar-refractivity contribution < 1.29 is 4.74 Å². The van der Waals surface area contributed by atoms with E-state index in [9.17, 15) is 0 Å². The van der Waals surface area contributed by atoms with Gasteiger partial charge in [-0.05, 0) is 37.0 Å². The van der Waals surface area contributed by atoms with Crippen LogP contribution in [0.25, 0.3) is 0 Å². The number of ether oxygens (including phenoxy) is 1. The van der Waals surface area contributed by atoms with Crippen molar-refractivity contribution in [3.8, 4) is 0 Å². The first kappa shape index (κ1) is 14.3. The Morgan fingerprint density at radius 1 is 1.17 bits per heavy atom. The molecule has 2 heteroatoms. The van der Waals surface area contributed by atoms with E-state index in [2.05, 4.69) is 33.0 Å². The summed E-state index contributed by atoms with van der Waals surface area (Å²) >= 11 is 0. The van der Waals surface area contributed by atoms with Crippen molar-refractivity contribution in [3.05, 3.63) is 0 Å². The molecule has 1 aliphatic heterocycles. The van der Waals surface area contributed by atoms with Crippen molar-refractivity contribution in [3.63, 3.8) is 0 Å². The highest BCUT2D eigenvalue weighted by Gasteiger charge is 2.35. The van der Waals surface area contributed by atoms with E-state index in [1.807, 2.05) is 0 Å². The Hall–Kier alpha value is -0.0800. The second-order valence-corrected chi connectivity index (χ2v) is 7.58. The molecule has 0 aromatic carbocycles. The van der Waals surface area contributed by atoms with Crippen LogP contribution in [0.5, 0.6) is 0 Å².